The van der Waals surface area contributed by atoms with Gasteiger partial charge in [-0.25, -0.2) is 9.18 Å². The lowest BCUT2D eigenvalue weighted by atomic mass is 9.82. The topological polar surface area (TPSA) is 137 Å². The summed E-state index contributed by atoms with van der Waals surface area (Å²) in [6, 6.07) is 18.6. The minimum atomic E-state index is -1.04. The molecule has 1 atom stereocenters. The number of nitrogen functional groups attached to an aromatic ring is 1. The van der Waals surface area contributed by atoms with Gasteiger partial charge in [0.2, 0.25) is 5.91 Å². The number of nitrogens with two attached hydrogens (primary N) is 1. The van der Waals surface area contributed by atoms with Gasteiger partial charge in [0.1, 0.15) is 6.10 Å². The summed E-state index contributed by atoms with van der Waals surface area (Å²) in [5.74, 6) is -1.89. The molecule has 2 amide bonds. The fourth-order valence-corrected chi connectivity index (χ4v) is 3.38. The zero-order valence-corrected chi connectivity index (χ0v) is 19.7. The van der Waals surface area contributed by atoms with Crippen molar-refractivity contribution in [2.75, 3.05) is 16.4 Å². The Morgan fingerprint density at radius 2 is 1.81 bits per heavy atom. The summed E-state index contributed by atoms with van der Waals surface area (Å²) in [5, 5.41) is 23.8. The second-order valence-corrected chi connectivity index (χ2v) is 8.54. The molecule has 0 bridgehead atoms. The molecule has 0 heterocycles. The lowest BCUT2D eigenvalue weighted by molar-refractivity contribution is -0.112. The molecule has 0 aliphatic heterocycles. The number of phenolic OH excluding ortho intramolecular Hbond substituents is 1. The van der Waals surface area contributed by atoms with E-state index in [1.807, 2.05) is 6.07 Å². The number of hydrogen-bond donors (Lipinski definition) is 4. The first-order valence-electron chi connectivity index (χ1n) is 10.9. The number of hydrogen-bond acceptors (Lipinski definition) is 6. The number of phenols is 1. The molecule has 8 nitrogen and oxygen atoms in total. The number of rotatable bonds is 7. The van der Waals surface area contributed by atoms with Crippen molar-refractivity contribution in [2.45, 2.75) is 20.0 Å². The second kappa shape index (κ2) is 11.1. The van der Waals surface area contributed by atoms with E-state index in [0.29, 0.717) is 22.6 Å². The van der Waals surface area contributed by atoms with Crippen molar-refractivity contribution in [1.29, 1.82) is 5.26 Å². The molecule has 36 heavy (non-hydrogen) atoms. The van der Waals surface area contributed by atoms with Crippen LogP contribution in [0.25, 0.3) is 0 Å². The summed E-state index contributed by atoms with van der Waals surface area (Å²) >= 11 is 0. The van der Waals surface area contributed by atoms with Crippen LogP contribution in [0, 0.1) is 22.6 Å². The molecule has 0 aromatic heterocycles. The molecule has 0 saturated heterocycles. The standard InChI is InChI=1S/C27H25FN4O4/c1-27(2,14-13-24(34)32-22-6-4-3-5-21(22)30)25(18-9-12-23(33)20(28)15-18)36-26(35)31-19-10-7-17(16-29)8-11-19/h3-15,25,33H,30H2,1-2H3,(H,31,35)(H,32,34)/b14-13+/t25-/m0/s1. The van der Waals surface area contributed by atoms with Crippen molar-refractivity contribution in [3.63, 3.8) is 0 Å². The lowest BCUT2D eigenvalue weighted by Crippen LogP contribution is -2.28. The second-order valence-electron chi connectivity index (χ2n) is 8.54. The molecule has 9 heteroatoms. The number of benzene rings is 3. The van der Waals surface area contributed by atoms with E-state index in [2.05, 4.69) is 10.6 Å². The molecule has 184 valence electrons. The Kier molecular flexibility index (Phi) is 7.92. The number of nitrogens with zero attached hydrogens (tertiary/aromatic N) is 1. The van der Waals surface area contributed by atoms with Gasteiger partial charge in [0, 0.05) is 11.1 Å². The number of carbonyl (C=O) groups excluding carboxylic acids is 2. The predicted molar refractivity (Wildman–Crippen MR) is 134 cm³/mol. The van der Waals surface area contributed by atoms with Gasteiger partial charge in [-0.2, -0.15) is 5.26 Å². The van der Waals surface area contributed by atoms with Gasteiger partial charge in [-0.15, -0.1) is 0 Å². The Balaban J connectivity index is 1.83. The number of para-hydroxylation sites is 2. The van der Waals surface area contributed by atoms with Crippen LogP contribution in [0.5, 0.6) is 5.75 Å². The molecular formula is C27H25FN4O4. The lowest BCUT2D eigenvalue weighted by Gasteiger charge is -2.31. The molecule has 0 radical (unpaired) electrons. The van der Waals surface area contributed by atoms with Crippen molar-refractivity contribution in [3.8, 4) is 11.8 Å². The van der Waals surface area contributed by atoms with Crippen molar-refractivity contribution in [2.24, 2.45) is 5.41 Å². The summed E-state index contributed by atoms with van der Waals surface area (Å²) < 4.78 is 19.8. The Hall–Kier alpha value is -4.84. The smallest absolute Gasteiger partial charge is 0.412 e. The van der Waals surface area contributed by atoms with Gasteiger partial charge >= 0.3 is 6.09 Å². The molecule has 0 fully saturated rings. The third kappa shape index (κ3) is 6.61. The zero-order valence-electron chi connectivity index (χ0n) is 19.7. The van der Waals surface area contributed by atoms with E-state index < -0.39 is 35.1 Å². The summed E-state index contributed by atoms with van der Waals surface area (Å²) in [6.45, 7) is 3.41. The maximum absolute atomic E-state index is 14.2. The van der Waals surface area contributed by atoms with Gasteiger partial charge in [-0.05, 0) is 60.2 Å². The molecule has 3 aromatic carbocycles. The SMILES string of the molecule is CC(C)(/C=C/C(=O)Nc1ccccc1N)[C@@H](OC(=O)Nc1ccc(C#N)cc1)c1ccc(O)c(F)c1. The van der Waals surface area contributed by atoms with E-state index in [4.69, 9.17) is 15.7 Å². The minimum Gasteiger partial charge on any atom is -0.505 e. The van der Waals surface area contributed by atoms with Crippen LogP contribution in [-0.4, -0.2) is 17.1 Å². The average molecular weight is 489 g/mol. The van der Waals surface area contributed by atoms with E-state index in [1.165, 1.54) is 30.4 Å². The van der Waals surface area contributed by atoms with Gasteiger partial charge in [0.25, 0.3) is 0 Å². The fraction of sp³-hybridized carbons (Fsp3) is 0.148. The largest absolute Gasteiger partial charge is 0.505 e. The van der Waals surface area contributed by atoms with Crippen LogP contribution < -0.4 is 16.4 Å². The number of nitrogens with one attached hydrogen (secondary N) is 2. The Morgan fingerprint density at radius 3 is 2.44 bits per heavy atom. The van der Waals surface area contributed by atoms with Crippen molar-refractivity contribution in [3.05, 3.63) is 95.8 Å². The Bertz CT molecular complexity index is 1330. The highest BCUT2D eigenvalue weighted by Gasteiger charge is 2.33. The third-order valence-corrected chi connectivity index (χ3v) is 5.32. The number of nitriles is 1. The van der Waals surface area contributed by atoms with Crippen molar-refractivity contribution >= 4 is 29.1 Å². The Morgan fingerprint density at radius 1 is 1.11 bits per heavy atom. The van der Waals surface area contributed by atoms with E-state index in [-0.39, 0.29) is 5.56 Å². The predicted octanol–water partition coefficient (Wildman–Crippen LogP) is 5.50. The molecule has 0 aliphatic rings. The normalized spacial score (nSPS) is 11.9. The van der Waals surface area contributed by atoms with E-state index in [1.54, 1.807) is 50.2 Å². The first kappa shape index (κ1) is 25.8. The minimum absolute atomic E-state index is 0.266. The number of carbonyl (C=O) groups is 2. The summed E-state index contributed by atoms with van der Waals surface area (Å²) in [4.78, 5) is 25.2. The molecule has 0 unspecified atom stereocenters. The highest BCUT2D eigenvalue weighted by Crippen LogP contribution is 2.39. The van der Waals surface area contributed by atoms with Gasteiger partial charge < -0.3 is 20.9 Å². The fourth-order valence-electron chi connectivity index (χ4n) is 3.38. The number of aromatic hydroxyl groups is 1. The monoisotopic (exact) mass is 488 g/mol. The van der Waals surface area contributed by atoms with Crippen LogP contribution in [-0.2, 0) is 9.53 Å². The number of halogens is 1. The average Bonchev–Trinajstić information content (AvgIpc) is 2.85. The molecule has 5 N–H and O–H groups in total. The van der Waals surface area contributed by atoms with Crippen LogP contribution in [0.3, 0.4) is 0 Å². The van der Waals surface area contributed by atoms with Gasteiger partial charge in [-0.1, -0.05) is 38.1 Å². The Labute approximate surface area is 207 Å². The third-order valence-electron chi connectivity index (χ3n) is 5.32. The van der Waals surface area contributed by atoms with Crippen LogP contribution in [0.1, 0.15) is 31.1 Å². The van der Waals surface area contributed by atoms with Crippen LogP contribution in [0.15, 0.2) is 78.9 Å². The summed E-state index contributed by atoms with van der Waals surface area (Å²) in [5.41, 5.74) is 6.79. The molecule has 3 rings (SSSR count). The maximum atomic E-state index is 14.2. The first-order valence-corrected chi connectivity index (χ1v) is 10.9. The van der Waals surface area contributed by atoms with Crippen LogP contribution in [0.2, 0.25) is 0 Å². The number of anilines is 3. The van der Waals surface area contributed by atoms with E-state index in [9.17, 15) is 19.1 Å². The molecule has 0 saturated carbocycles. The number of ether oxygens (including phenoxy) is 1. The maximum Gasteiger partial charge on any atom is 0.412 e. The highest BCUT2D eigenvalue weighted by atomic mass is 19.1. The van der Waals surface area contributed by atoms with E-state index in [0.717, 1.165) is 12.1 Å². The molecule has 3 aromatic rings. The van der Waals surface area contributed by atoms with Crippen molar-refractivity contribution < 1.29 is 23.8 Å². The van der Waals surface area contributed by atoms with Crippen LogP contribution in [0.4, 0.5) is 26.2 Å². The van der Waals surface area contributed by atoms with Gasteiger partial charge in [0.05, 0.1) is 23.0 Å². The quantitative estimate of drug-likeness (QED) is 0.256. The van der Waals surface area contributed by atoms with E-state index >= 15 is 0 Å². The molecule has 0 spiro atoms. The highest BCUT2D eigenvalue weighted by molar-refractivity contribution is 6.01. The van der Waals surface area contributed by atoms with Crippen LogP contribution >= 0.6 is 0 Å². The zero-order chi connectivity index (χ0) is 26.3. The van der Waals surface area contributed by atoms with Gasteiger partial charge in [-0.3, -0.25) is 10.1 Å². The first-order chi connectivity index (χ1) is 17.1. The summed E-state index contributed by atoms with van der Waals surface area (Å²) in [7, 11) is 0. The van der Waals surface area contributed by atoms with Crippen molar-refractivity contribution in [1.82, 2.24) is 0 Å². The molecule has 0 aliphatic carbocycles. The molecular weight excluding hydrogens is 463 g/mol. The summed E-state index contributed by atoms with van der Waals surface area (Å²) in [6.07, 6.45) is 0.933. The number of amides is 2. The van der Waals surface area contributed by atoms with Gasteiger partial charge in [0.15, 0.2) is 11.6 Å².